The van der Waals surface area contributed by atoms with E-state index in [1.165, 1.54) is 32.1 Å². The van der Waals surface area contributed by atoms with E-state index in [4.69, 9.17) is 4.74 Å². The normalized spacial score (nSPS) is 41.8. The lowest BCUT2D eigenvalue weighted by molar-refractivity contribution is 0.0320. The van der Waals surface area contributed by atoms with Gasteiger partial charge in [-0.3, -0.25) is 0 Å². The Labute approximate surface area is 81.0 Å². The summed E-state index contributed by atoms with van der Waals surface area (Å²) in [4.78, 5) is 0. The molecule has 0 aliphatic carbocycles. The lowest BCUT2D eigenvalue weighted by Gasteiger charge is -2.36. The molecule has 2 nitrogen and oxygen atoms in total. The van der Waals surface area contributed by atoms with Crippen LogP contribution in [-0.2, 0) is 4.74 Å². The van der Waals surface area contributed by atoms with Crippen LogP contribution in [-0.4, -0.2) is 25.3 Å². The molecule has 0 saturated carbocycles. The quantitative estimate of drug-likeness (QED) is 0.671. The number of hydrogen-bond donors (Lipinski definition) is 1. The van der Waals surface area contributed by atoms with E-state index >= 15 is 0 Å². The van der Waals surface area contributed by atoms with Crippen LogP contribution in [0, 0.1) is 5.92 Å². The van der Waals surface area contributed by atoms with Crippen molar-refractivity contribution >= 4 is 0 Å². The van der Waals surface area contributed by atoms with Gasteiger partial charge < -0.3 is 10.1 Å². The van der Waals surface area contributed by atoms with Gasteiger partial charge >= 0.3 is 0 Å². The fraction of sp³-hybridized carbons (Fsp3) is 1.00. The number of piperidine rings is 1. The van der Waals surface area contributed by atoms with Crippen molar-refractivity contribution in [2.75, 3.05) is 13.2 Å². The Kier molecular flexibility index (Phi) is 3.23. The van der Waals surface area contributed by atoms with Crippen molar-refractivity contribution in [1.82, 2.24) is 5.32 Å². The summed E-state index contributed by atoms with van der Waals surface area (Å²) in [7, 11) is 0. The van der Waals surface area contributed by atoms with Crippen molar-refractivity contribution in [3.63, 3.8) is 0 Å². The standard InChI is InChI=1S/C11H21NO/c1-9-4-2-6-11(12-9)10-5-3-7-13-8-10/h9-12H,2-8H2,1H3. The van der Waals surface area contributed by atoms with Crippen molar-refractivity contribution in [3.05, 3.63) is 0 Å². The second kappa shape index (κ2) is 4.43. The number of nitrogens with one attached hydrogen (secondary N) is 1. The van der Waals surface area contributed by atoms with Gasteiger partial charge in [0, 0.05) is 18.7 Å². The van der Waals surface area contributed by atoms with Gasteiger partial charge in [-0.05, 0) is 38.5 Å². The molecule has 0 amide bonds. The molecule has 0 radical (unpaired) electrons. The monoisotopic (exact) mass is 183 g/mol. The molecule has 3 atom stereocenters. The van der Waals surface area contributed by atoms with Gasteiger partial charge in [0.25, 0.3) is 0 Å². The summed E-state index contributed by atoms with van der Waals surface area (Å²) < 4.78 is 5.53. The van der Waals surface area contributed by atoms with Crippen molar-refractivity contribution in [2.24, 2.45) is 5.92 Å². The highest BCUT2D eigenvalue weighted by Crippen LogP contribution is 2.24. The Hall–Kier alpha value is -0.0800. The van der Waals surface area contributed by atoms with Crippen molar-refractivity contribution < 1.29 is 4.74 Å². The molecule has 2 heteroatoms. The number of ether oxygens (including phenoxy) is 1. The Morgan fingerprint density at radius 1 is 1.15 bits per heavy atom. The van der Waals surface area contributed by atoms with Crippen LogP contribution in [0.4, 0.5) is 0 Å². The first kappa shape index (κ1) is 9.47. The number of rotatable bonds is 1. The van der Waals surface area contributed by atoms with Gasteiger partial charge in [0.2, 0.25) is 0 Å². The minimum atomic E-state index is 0.723. The predicted octanol–water partition coefficient (Wildman–Crippen LogP) is 1.94. The molecule has 2 saturated heterocycles. The maximum absolute atomic E-state index is 5.53. The summed E-state index contributed by atoms with van der Waals surface area (Å²) in [6, 6.07) is 1.46. The van der Waals surface area contributed by atoms with Crippen LogP contribution < -0.4 is 5.32 Å². The molecule has 2 fully saturated rings. The second-order valence-corrected chi connectivity index (χ2v) is 4.58. The van der Waals surface area contributed by atoms with E-state index in [9.17, 15) is 0 Å². The third-order valence-corrected chi connectivity index (χ3v) is 3.42. The van der Waals surface area contributed by atoms with Crippen LogP contribution in [0.3, 0.4) is 0 Å². The smallest absolute Gasteiger partial charge is 0.0509 e. The van der Waals surface area contributed by atoms with Gasteiger partial charge in [0.1, 0.15) is 0 Å². The zero-order valence-corrected chi connectivity index (χ0v) is 8.59. The third kappa shape index (κ3) is 2.44. The summed E-state index contributed by atoms with van der Waals surface area (Å²) in [5.41, 5.74) is 0. The first-order valence-electron chi connectivity index (χ1n) is 5.70. The van der Waals surface area contributed by atoms with Gasteiger partial charge in [0.05, 0.1) is 6.61 Å². The van der Waals surface area contributed by atoms with Crippen molar-refractivity contribution in [3.8, 4) is 0 Å². The van der Waals surface area contributed by atoms with Crippen LogP contribution in [0.15, 0.2) is 0 Å². The fourth-order valence-electron chi connectivity index (χ4n) is 2.63. The van der Waals surface area contributed by atoms with E-state index in [0.29, 0.717) is 0 Å². The summed E-state index contributed by atoms with van der Waals surface area (Å²) in [6.45, 7) is 4.28. The Morgan fingerprint density at radius 2 is 2.08 bits per heavy atom. The average Bonchev–Trinajstić information content (AvgIpc) is 2.19. The van der Waals surface area contributed by atoms with Crippen LogP contribution in [0.5, 0.6) is 0 Å². The maximum Gasteiger partial charge on any atom is 0.0509 e. The molecule has 2 aliphatic rings. The van der Waals surface area contributed by atoms with E-state index in [0.717, 1.165) is 31.2 Å². The highest BCUT2D eigenvalue weighted by atomic mass is 16.5. The molecule has 13 heavy (non-hydrogen) atoms. The van der Waals surface area contributed by atoms with Crippen molar-refractivity contribution in [2.45, 2.75) is 51.1 Å². The van der Waals surface area contributed by atoms with E-state index < -0.39 is 0 Å². The molecule has 0 aromatic heterocycles. The first-order valence-corrected chi connectivity index (χ1v) is 5.70. The topological polar surface area (TPSA) is 21.3 Å². The molecule has 1 N–H and O–H groups in total. The largest absolute Gasteiger partial charge is 0.381 e. The van der Waals surface area contributed by atoms with Gasteiger partial charge in [-0.1, -0.05) is 6.42 Å². The summed E-state index contributed by atoms with van der Waals surface area (Å²) in [5.74, 6) is 0.788. The highest BCUT2D eigenvalue weighted by molar-refractivity contribution is 4.84. The van der Waals surface area contributed by atoms with Gasteiger partial charge in [-0.2, -0.15) is 0 Å². The SMILES string of the molecule is CC1CCCC(C2CCCOC2)N1. The fourth-order valence-corrected chi connectivity index (χ4v) is 2.63. The van der Waals surface area contributed by atoms with E-state index in [2.05, 4.69) is 12.2 Å². The van der Waals surface area contributed by atoms with Crippen LogP contribution >= 0.6 is 0 Å². The third-order valence-electron chi connectivity index (χ3n) is 3.42. The molecule has 0 bridgehead atoms. The molecule has 2 heterocycles. The van der Waals surface area contributed by atoms with E-state index in [1.54, 1.807) is 0 Å². The summed E-state index contributed by atoms with van der Waals surface area (Å²) in [6.07, 6.45) is 6.74. The number of hydrogen-bond acceptors (Lipinski definition) is 2. The Bertz CT molecular complexity index is 154. The van der Waals surface area contributed by atoms with Crippen LogP contribution in [0.2, 0.25) is 0 Å². The second-order valence-electron chi connectivity index (χ2n) is 4.58. The molecule has 76 valence electrons. The first-order chi connectivity index (χ1) is 6.36. The maximum atomic E-state index is 5.53. The minimum absolute atomic E-state index is 0.723. The van der Waals surface area contributed by atoms with Gasteiger partial charge in [0.15, 0.2) is 0 Å². The predicted molar refractivity (Wildman–Crippen MR) is 53.8 cm³/mol. The summed E-state index contributed by atoms with van der Waals surface area (Å²) in [5, 5.41) is 3.71. The highest BCUT2D eigenvalue weighted by Gasteiger charge is 2.27. The Morgan fingerprint density at radius 3 is 2.77 bits per heavy atom. The van der Waals surface area contributed by atoms with Gasteiger partial charge in [-0.15, -0.1) is 0 Å². The summed E-state index contributed by atoms with van der Waals surface area (Å²) >= 11 is 0. The molecule has 2 aliphatic heterocycles. The molecular formula is C11H21NO. The lowest BCUT2D eigenvalue weighted by atomic mass is 9.86. The van der Waals surface area contributed by atoms with Crippen molar-refractivity contribution in [1.29, 1.82) is 0 Å². The molecule has 2 rings (SSSR count). The van der Waals surface area contributed by atoms with Crippen LogP contribution in [0.1, 0.15) is 39.0 Å². The Balaban J connectivity index is 1.83. The lowest BCUT2D eigenvalue weighted by Crippen LogP contribution is -2.47. The molecule has 3 unspecified atom stereocenters. The van der Waals surface area contributed by atoms with Gasteiger partial charge in [-0.25, -0.2) is 0 Å². The van der Waals surface area contributed by atoms with E-state index in [1.807, 2.05) is 0 Å². The zero-order valence-electron chi connectivity index (χ0n) is 8.59. The van der Waals surface area contributed by atoms with Crippen LogP contribution in [0.25, 0.3) is 0 Å². The molecule has 0 aromatic rings. The molecular weight excluding hydrogens is 162 g/mol. The zero-order chi connectivity index (χ0) is 9.10. The van der Waals surface area contributed by atoms with E-state index in [-0.39, 0.29) is 0 Å². The minimum Gasteiger partial charge on any atom is -0.381 e. The molecule has 0 spiro atoms. The molecule has 0 aromatic carbocycles. The average molecular weight is 183 g/mol.